The van der Waals surface area contributed by atoms with Gasteiger partial charge in [0.25, 0.3) is 0 Å². The second kappa shape index (κ2) is 4.48. The van der Waals surface area contributed by atoms with E-state index in [0.717, 1.165) is 11.3 Å². The zero-order valence-electron chi connectivity index (χ0n) is 7.58. The lowest BCUT2D eigenvalue weighted by Crippen LogP contribution is -2.11. The van der Waals surface area contributed by atoms with Gasteiger partial charge in [0.15, 0.2) is 0 Å². The van der Waals surface area contributed by atoms with E-state index in [9.17, 15) is 0 Å². The van der Waals surface area contributed by atoms with Gasteiger partial charge < -0.3 is 10.5 Å². The van der Waals surface area contributed by atoms with Crippen LogP contribution in [0, 0.1) is 18.3 Å². The van der Waals surface area contributed by atoms with Crippen LogP contribution in [0.2, 0.25) is 0 Å². The molecule has 0 heterocycles. The number of ether oxygens (including phenoxy) is 1. The van der Waals surface area contributed by atoms with Crippen LogP contribution in [-0.2, 0) is 0 Å². The minimum absolute atomic E-state index is 0.482. The Hall–Kier alpha value is -1.53. The summed E-state index contributed by atoms with van der Waals surface area (Å²) in [5.74, 6) is 0.740. The molecule has 3 heteroatoms. The summed E-state index contributed by atoms with van der Waals surface area (Å²) in [4.78, 5) is 0. The first-order valence-corrected chi connectivity index (χ1v) is 4.12. The molecule has 68 valence electrons. The van der Waals surface area contributed by atoms with Crippen molar-refractivity contribution in [1.29, 1.82) is 5.26 Å². The molecule has 0 saturated carbocycles. The molecule has 1 rings (SSSR count). The van der Waals surface area contributed by atoms with Crippen molar-refractivity contribution in [2.24, 2.45) is 5.73 Å². The Balaban J connectivity index is 2.90. The quantitative estimate of drug-likeness (QED) is 0.752. The summed E-state index contributed by atoms with van der Waals surface area (Å²) in [5, 5.41) is 8.74. The van der Waals surface area contributed by atoms with Crippen molar-refractivity contribution in [3.05, 3.63) is 29.3 Å². The van der Waals surface area contributed by atoms with Crippen molar-refractivity contribution < 1.29 is 4.74 Å². The monoisotopic (exact) mass is 176 g/mol. The third-order valence-corrected chi connectivity index (χ3v) is 1.78. The maximum Gasteiger partial charge on any atom is 0.123 e. The van der Waals surface area contributed by atoms with Gasteiger partial charge in [-0.3, -0.25) is 0 Å². The molecular weight excluding hydrogens is 164 g/mol. The zero-order chi connectivity index (χ0) is 9.68. The Morgan fingerprint density at radius 3 is 2.92 bits per heavy atom. The molecule has 0 amide bonds. The molecule has 0 saturated heterocycles. The zero-order valence-corrected chi connectivity index (χ0v) is 7.58. The van der Waals surface area contributed by atoms with E-state index in [4.69, 9.17) is 15.7 Å². The number of rotatable bonds is 3. The highest BCUT2D eigenvalue weighted by molar-refractivity contribution is 5.45. The van der Waals surface area contributed by atoms with E-state index >= 15 is 0 Å². The summed E-state index contributed by atoms with van der Waals surface area (Å²) in [6.45, 7) is 2.83. The average Bonchev–Trinajstić information content (AvgIpc) is 2.16. The van der Waals surface area contributed by atoms with Crippen LogP contribution in [0.15, 0.2) is 18.2 Å². The number of nitrogens with two attached hydrogens (primary N) is 1. The Morgan fingerprint density at radius 2 is 2.31 bits per heavy atom. The molecule has 2 N–H and O–H groups in total. The van der Waals surface area contributed by atoms with Crippen molar-refractivity contribution in [2.75, 3.05) is 13.2 Å². The minimum Gasteiger partial charge on any atom is -0.492 e. The molecular formula is C10H12N2O. The van der Waals surface area contributed by atoms with Crippen molar-refractivity contribution in [3.63, 3.8) is 0 Å². The van der Waals surface area contributed by atoms with Crippen LogP contribution in [0.5, 0.6) is 5.75 Å². The molecule has 0 aromatic heterocycles. The highest BCUT2D eigenvalue weighted by atomic mass is 16.5. The molecule has 0 spiro atoms. The molecule has 0 aliphatic carbocycles. The fraction of sp³-hybridized carbons (Fsp3) is 0.300. The van der Waals surface area contributed by atoms with Gasteiger partial charge in [0.1, 0.15) is 12.4 Å². The van der Waals surface area contributed by atoms with E-state index < -0.39 is 0 Å². The molecule has 0 atom stereocenters. The second-order valence-corrected chi connectivity index (χ2v) is 2.68. The van der Waals surface area contributed by atoms with Crippen molar-refractivity contribution in [2.45, 2.75) is 6.92 Å². The van der Waals surface area contributed by atoms with Crippen LogP contribution in [0.25, 0.3) is 0 Å². The number of nitriles is 1. The fourth-order valence-electron chi connectivity index (χ4n) is 1.06. The van der Waals surface area contributed by atoms with Gasteiger partial charge in [-0.1, -0.05) is 6.07 Å². The van der Waals surface area contributed by atoms with Crippen LogP contribution in [0.1, 0.15) is 11.1 Å². The molecule has 0 unspecified atom stereocenters. The van der Waals surface area contributed by atoms with Gasteiger partial charge in [-0.25, -0.2) is 0 Å². The maximum atomic E-state index is 8.74. The Bertz CT molecular complexity index is 328. The van der Waals surface area contributed by atoms with Crippen molar-refractivity contribution in [1.82, 2.24) is 0 Å². The Labute approximate surface area is 77.7 Å². The van der Waals surface area contributed by atoms with E-state index in [0.29, 0.717) is 18.7 Å². The highest BCUT2D eigenvalue weighted by Gasteiger charge is 2.02. The summed E-state index contributed by atoms with van der Waals surface area (Å²) < 4.78 is 5.35. The Kier molecular flexibility index (Phi) is 3.30. The lowest BCUT2D eigenvalue weighted by molar-refractivity contribution is 0.326. The summed E-state index contributed by atoms with van der Waals surface area (Å²) >= 11 is 0. The van der Waals surface area contributed by atoms with E-state index in [1.54, 1.807) is 12.1 Å². The minimum atomic E-state index is 0.482. The number of benzene rings is 1. The van der Waals surface area contributed by atoms with Crippen LogP contribution in [-0.4, -0.2) is 13.2 Å². The van der Waals surface area contributed by atoms with E-state index in [1.165, 1.54) is 0 Å². The predicted molar refractivity (Wildman–Crippen MR) is 50.4 cm³/mol. The molecule has 3 nitrogen and oxygen atoms in total. The standard InChI is InChI=1S/C10H12N2O/c1-8-9(7-12)3-2-4-10(8)13-6-5-11/h2-4H,5-6,11H2,1H3. The smallest absolute Gasteiger partial charge is 0.123 e. The summed E-state index contributed by atoms with van der Waals surface area (Å²) in [6, 6.07) is 7.51. The van der Waals surface area contributed by atoms with Gasteiger partial charge >= 0.3 is 0 Å². The van der Waals surface area contributed by atoms with Gasteiger partial charge in [-0.05, 0) is 19.1 Å². The first-order valence-electron chi connectivity index (χ1n) is 4.12. The van der Waals surface area contributed by atoms with Crippen molar-refractivity contribution >= 4 is 0 Å². The molecule has 0 aliphatic heterocycles. The largest absolute Gasteiger partial charge is 0.492 e. The number of hydrogen-bond donors (Lipinski definition) is 1. The molecule has 0 bridgehead atoms. The lowest BCUT2D eigenvalue weighted by atomic mass is 10.1. The van der Waals surface area contributed by atoms with Gasteiger partial charge in [-0.15, -0.1) is 0 Å². The molecule has 0 aliphatic rings. The SMILES string of the molecule is Cc1c(C#N)cccc1OCCN. The third kappa shape index (κ3) is 2.20. The van der Waals surface area contributed by atoms with Crippen LogP contribution >= 0.6 is 0 Å². The molecule has 0 radical (unpaired) electrons. The van der Waals surface area contributed by atoms with Gasteiger partial charge in [0.2, 0.25) is 0 Å². The normalized spacial score (nSPS) is 9.31. The van der Waals surface area contributed by atoms with Gasteiger partial charge in [0, 0.05) is 12.1 Å². The predicted octanol–water partition coefficient (Wildman–Crippen LogP) is 1.20. The number of hydrogen-bond acceptors (Lipinski definition) is 3. The average molecular weight is 176 g/mol. The third-order valence-electron chi connectivity index (χ3n) is 1.78. The molecule has 1 aromatic carbocycles. The van der Waals surface area contributed by atoms with Crippen LogP contribution < -0.4 is 10.5 Å². The van der Waals surface area contributed by atoms with E-state index in [-0.39, 0.29) is 0 Å². The molecule has 0 fully saturated rings. The fourth-order valence-corrected chi connectivity index (χ4v) is 1.06. The molecule has 13 heavy (non-hydrogen) atoms. The lowest BCUT2D eigenvalue weighted by Gasteiger charge is -2.08. The van der Waals surface area contributed by atoms with Crippen molar-refractivity contribution in [3.8, 4) is 11.8 Å². The van der Waals surface area contributed by atoms with Gasteiger partial charge in [0.05, 0.1) is 11.6 Å². The summed E-state index contributed by atoms with van der Waals surface area (Å²) in [7, 11) is 0. The van der Waals surface area contributed by atoms with Crippen LogP contribution in [0.4, 0.5) is 0 Å². The Morgan fingerprint density at radius 1 is 1.54 bits per heavy atom. The van der Waals surface area contributed by atoms with E-state index in [1.807, 2.05) is 13.0 Å². The maximum absolute atomic E-state index is 8.74. The van der Waals surface area contributed by atoms with Gasteiger partial charge in [-0.2, -0.15) is 5.26 Å². The van der Waals surface area contributed by atoms with Crippen LogP contribution in [0.3, 0.4) is 0 Å². The first kappa shape index (κ1) is 9.56. The van der Waals surface area contributed by atoms with E-state index in [2.05, 4.69) is 6.07 Å². The summed E-state index contributed by atoms with van der Waals surface area (Å²) in [5.41, 5.74) is 6.83. The second-order valence-electron chi connectivity index (χ2n) is 2.68. The first-order chi connectivity index (χ1) is 6.29. The topological polar surface area (TPSA) is 59.0 Å². The molecule has 1 aromatic rings. The summed E-state index contributed by atoms with van der Waals surface area (Å²) in [6.07, 6.45) is 0. The number of nitrogens with zero attached hydrogens (tertiary/aromatic N) is 1. The highest BCUT2D eigenvalue weighted by Crippen LogP contribution is 2.20.